The first-order chi connectivity index (χ1) is 12.9. The molecule has 0 fully saturated rings. The van der Waals surface area contributed by atoms with Crippen LogP contribution < -0.4 is 0 Å². The zero-order chi connectivity index (χ0) is 20.2. The number of Topliss-reactive ketones (excluding diaryl/α,β-unsaturated/α-hetero) is 1. The third kappa shape index (κ3) is 8.85. The minimum absolute atomic E-state index is 0.00863. The summed E-state index contributed by atoms with van der Waals surface area (Å²) in [5.41, 5.74) is 1.72. The molecule has 0 aliphatic heterocycles. The summed E-state index contributed by atoms with van der Waals surface area (Å²) in [5, 5.41) is 29.2. The van der Waals surface area contributed by atoms with Gasteiger partial charge in [0.15, 0.2) is 5.78 Å². The maximum atomic E-state index is 12.0. The number of aliphatic hydroxyl groups is 2. The standard InChI is InChI=1S/C22H36O5/c1-3-4-7-10-17(24)13-14-19-18(20(16(2)23)15-21(19)25)11-8-5-6-9-12-22(26)27/h13-14,17,19,21,24-25H,3-12,15H2,1-2H3,(H,26,27)/t17-,19+,21+/m0/s1. The van der Waals surface area contributed by atoms with E-state index in [0.29, 0.717) is 12.8 Å². The average Bonchev–Trinajstić information content (AvgIpc) is 2.92. The Bertz CT molecular complexity index is 535. The van der Waals surface area contributed by atoms with Gasteiger partial charge in [0, 0.05) is 18.8 Å². The summed E-state index contributed by atoms with van der Waals surface area (Å²) >= 11 is 0. The molecule has 5 nitrogen and oxygen atoms in total. The molecule has 0 aromatic rings. The monoisotopic (exact) mass is 380 g/mol. The van der Waals surface area contributed by atoms with Gasteiger partial charge in [-0.1, -0.05) is 56.8 Å². The minimum Gasteiger partial charge on any atom is -0.481 e. The van der Waals surface area contributed by atoms with E-state index in [-0.39, 0.29) is 18.1 Å². The van der Waals surface area contributed by atoms with Crippen molar-refractivity contribution in [1.82, 2.24) is 0 Å². The Balaban J connectivity index is 2.62. The highest BCUT2D eigenvalue weighted by Crippen LogP contribution is 2.37. The number of carbonyl (C=O) groups is 2. The molecule has 27 heavy (non-hydrogen) atoms. The molecule has 0 spiro atoms. The quantitative estimate of drug-likeness (QED) is 0.310. The van der Waals surface area contributed by atoms with Crippen LogP contribution in [-0.4, -0.2) is 39.3 Å². The number of unbranched alkanes of at least 4 members (excludes halogenated alkanes) is 5. The Kier molecular flexibility index (Phi) is 11.2. The Morgan fingerprint density at radius 1 is 1.15 bits per heavy atom. The topological polar surface area (TPSA) is 94.8 Å². The summed E-state index contributed by atoms with van der Waals surface area (Å²) in [6, 6.07) is 0. The number of aliphatic carboxylic acids is 1. The lowest BCUT2D eigenvalue weighted by Crippen LogP contribution is -2.15. The van der Waals surface area contributed by atoms with E-state index < -0.39 is 18.2 Å². The fourth-order valence-corrected chi connectivity index (χ4v) is 3.73. The largest absolute Gasteiger partial charge is 0.481 e. The van der Waals surface area contributed by atoms with Crippen LogP contribution >= 0.6 is 0 Å². The molecule has 0 aromatic carbocycles. The van der Waals surface area contributed by atoms with Crippen molar-refractivity contribution in [2.24, 2.45) is 5.92 Å². The molecule has 0 aromatic heterocycles. The molecular weight excluding hydrogens is 344 g/mol. The molecule has 0 unspecified atom stereocenters. The first-order valence-electron chi connectivity index (χ1n) is 10.4. The van der Waals surface area contributed by atoms with Crippen LogP contribution in [0.4, 0.5) is 0 Å². The second-order valence-corrected chi connectivity index (χ2v) is 7.61. The molecule has 0 bridgehead atoms. The predicted molar refractivity (Wildman–Crippen MR) is 106 cm³/mol. The predicted octanol–water partition coefficient (Wildman–Crippen LogP) is 4.18. The Labute approximate surface area is 163 Å². The van der Waals surface area contributed by atoms with E-state index in [4.69, 9.17) is 5.11 Å². The van der Waals surface area contributed by atoms with Crippen LogP contribution in [-0.2, 0) is 9.59 Å². The van der Waals surface area contributed by atoms with Crippen molar-refractivity contribution in [3.63, 3.8) is 0 Å². The Hall–Kier alpha value is -1.46. The average molecular weight is 381 g/mol. The summed E-state index contributed by atoms with van der Waals surface area (Å²) < 4.78 is 0. The van der Waals surface area contributed by atoms with Crippen molar-refractivity contribution >= 4 is 11.8 Å². The molecule has 3 N–H and O–H groups in total. The van der Waals surface area contributed by atoms with E-state index in [9.17, 15) is 19.8 Å². The highest BCUT2D eigenvalue weighted by Gasteiger charge is 2.33. The zero-order valence-electron chi connectivity index (χ0n) is 16.8. The number of carbonyl (C=O) groups excluding carboxylic acids is 1. The lowest BCUT2D eigenvalue weighted by atomic mass is 9.92. The molecule has 1 aliphatic rings. The van der Waals surface area contributed by atoms with Gasteiger partial charge >= 0.3 is 5.97 Å². The summed E-state index contributed by atoms with van der Waals surface area (Å²) in [5.74, 6) is -0.962. The summed E-state index contributed by atoms with van der Waals surface area (Å²) in [7, 11) is 0. The molecule has 0 saturated heterocycles. The van der Waals surface area contributed by atoms with Crippen molar-refractivity contribution in [3.8, 4) is 0 Å². The first-order valence-corrected chi connectivity index (χ1v) is 10.4. The van der Waals surface area contributed by atoms with Gasteiger partial charge < -0.3 is 15.3 Å². The summed E-state index contributed by atoms with van der Waals surface area (Å²) in [4.78, 5) is 22.5. The van der Waals surface area contributed by atoms with Crippen LogP contribution in [0.5, 0.6) is 0 Å². The van der Waals surface area contributed by atoms with E-state index in [1.54, 1.807) is 13.0 Å². The van der Waals surface area contributed by atoms with Crippen LogP contribution in [0.25, 0.3) is 0 Å². The van der Waals surface area contributed by atoms with Gasteiger partial charge in [-0.25, -0.2) is 0 Å². The lowest BCUT2D eigenvalue weighted by molar-refractivity contribution is -0.137. The molecule has 0 saturated carbocycles. The van der Waals surface area contributed by atoms with Crippen LogP contribution in [0.2, 0.25) is 0 Å². The van der Waals surface area contributed by atoms with Gasteiger partial charge in [-0.05, 0) is 38.2 Å². The van der Waals surface area contributed by atoms with Crippen molar-refractivity contribution in [1.29, 1.82) is 0 Å². The van der Waals surface area contributed by atoms with Gasteiger partial charge in [0.05, 0.1) is 12.2 Å². The van der Waals surface area contributed by atoms with Crippen LogP contribution in [0.1, 0.15) is 84.5 Å². The fraction of sp³-hybridized carbons (Fsp3) is 0.727. The number of aliphatic hydroxyl groups excluding tert-OH is 2. The molecule has 0 amide bonds. The summed E-state index contributed by atoms with van der Waals surface area (Å²) in [6.45, 7) is 3.67. The van der Waals surface area contributed by atoms with Gasteiger partial charge in [-0.2, -0.15) is 0 Å². The molecule has 154 valence electrons. The molecular formula is C22H36O5. The third-order valence-electron chi connectivity index (χ3n) is 5.27. The highest BCUT2D eigenvalue weighted by atomic mass is 16.4. The highest BCUT2D eigenvalue weighted by molar-refractivity contribution is 5.95. The van der Waals surface area contributed by atoms with Crippen molar-refractivity contribution in [2.75, 3.05) is 0 Å². The number of carboxylic acids is 1. The third-order valence-corrected chi connectivity index (χ3v) is 5.27. The molecule has 0 heterocycles. The van der Waals surface area contributed by atoms with Gasteiger partial charge in [0.25, 0.3) is 0 Å². The molecule has 1 aliphatic carbocycles. The van der Waals surface area contributed by atoms with Crippen LogP contribution in [0, 0.1) is 5.92 Å². The molecule has 1 rings (SSSR count). The maximum Gasteiger partial charge on any atom is 0.303 e. The molecule has 0 radical (unpaired) electrons. The number of carboxylic acid groups (broad SMARTS) is 1. The van der Waals surface area contributed by atoms with Crippen LogP contribution in [0.15, 0.2) is 23.3 Å². The van der Waals surface area contributed by atoms with Crippen molar-refractivity contribution in [2.45, 2.75) is 96.7 Å². The second kappa shape index (κ2) is 12.8. The lowest BCUT2D eigenvalue weighted by Gasteiger charge is -2.16. The van der Waals surface area contributed by atoms with E-state index in [1.165, 1.54) is 0 Å². The minimum atomic E-state index is -0.766. The Morgan fingerprint density at radius 2 is 1.85 bits per heavy atom. The van der Waals surface area contributed by atoms with Crippen molar-refractivity contribution in [3.05, 3.63) is 23.3 Å². The number of rotatable bonds is 14. The summed E-state index contributed by atoms with van der Waals surface area (Å²) in [6.07, 6.45) is 11.0. The normalized spacial score (nSPS) is 21.2. The van der Waals surface area contributed by atoms with Gasteiger partial charge in [-0.15, -0.1) is 0 Å². The van der Waals surface area contributed by atoms with Crippen molar-refractivity contribution < 1.29 is 24.9 Å². The SMILES string of the molecule is CCCCC[C@H](O)C=C[C@@H]1C(CCCCCCC(=O)O)=C(C(C)=O)C[C@H]1O. The first kappa shape index (κ1) is 23.6. The van der Waals surface area contributed by atoms with Crippen LogP contribution in [0.3, 0.4) is 0 Å². The smallest absolute Gasteiger partial charge is 0.303 e. The Morgan fingerprint density at radius 3 is 2.48 bits per heavy atom. The van der Waals surface area contributed by atoms with E-state index in [1.807, 2.05) is 6.08 Å². The molecule has 3 atom stereocenters. The van der Waals surface area contributed by atoms with E-state index in [2.05, 4.69) is 6.92 Å². The van der Waals surface area contributed by atoms with E-state index >= 15 is 0 Å². The zero-order valence-corrected chi connectivity index (χ0v) is 16.8. The number of ketones is 1. The number of hydrogen-bond acceptors (Lipinski definition) is 4. The fourth-order valence-electron chi connectivity index (χ4n) is 3.73. The maximum absolute atomic E-state index is 12.0. The number of hydrogen-bond donors (Lipinski definition) is 3. The van der Waals surface area contributed by atoms with Gasteiger partial charge in [0.2, 0.25) is 0 Å². The molecule has 5 heteroatoms. The van der Waals surface area contributed by atoms with E-state index in [0.717, 1.165) is 62.5 Å². The van der Waals surface area contributed by atoms with Gasteiger partial charge in [-0.3, -0.25) is 9.59 Å². The second-order valence-electron chi connectivity index (χ2n) is 7.61. The van der Waals surface area contributed by atoms with Gasteiger partial charge in [0.1, 0.15) is 0 Å².